The predicted octanol–water partition coefficient (Wildman–Crippen LogP) is 1.74. The van der Waals surface area contributed by atoms with Crippen LogP contribution in [0.1, 0.15) is 25.0 Å². The van der Waals surface area contributed by atoms with Gasteiger partial charge in [-0.3, -0.25) is 0 Å². The largest absolute Gasteiger partial charge is 0.497 e. The van der Waals surface area contributed by atoms with E-state index in [0.29, 0.717) is 48.0 Å². The number of urea groups is 1. The predicted molar refractivity (Wildman–Crippen MR) is 96.5 cm³/mol. The second-order valence-corrected chi connectivity index (χ2v) is 8.46. The van der Waals surface area contributed by atoms with E-state index in [0.717, 1.165) is 0 Å². The number of rotatable bonds is 4. The Hall–Kier alpha value is -1.80. The molecule has 1 fully saturated rings. The zero-order chi connectivity index (χ0) is 18.8. The number of piperazine rings is 1. The molecule has 0 spiro atoms. The van der Waals surface area contributed by atoms with Gasteiger partial charge in [0.15, 0.2) is 0 Å². The van der Waals surface area contributed by atoms with Crippen LogP contribution in [0.4, 0.5) is 4.79 Å². The van der Waals surface area contributed by atoms with Gasteiger partial charge in [-0.25, -0.2) is 13.2 Å². The molecule has 0 radical (unpaired) electrons. The third-order valence-corrected chi connectivity index (χ3v) is 6.41. The number of sulfonamides is 1. The lowest BCUT2D eigenvalue weighted by Gasteiger charge is -2.34. The highest BCUT2D eigenvalue weighted by atomic mass is 32.2. The van der Waals surface area contributed by atoms with Gasteiger partial charge in [-0.05, 0) is 51.0 Å². The van der Waals surface area contributed by atoms with E-state index in [-0.39, 0.29) is 12.1 Å². The SMILES string of the molecule is COc1cc(C)c(S(=O)(=O)N2CCN(C(=O)NC(C)C)CC2)c(C)c1. The van der Waals surface area contributed by atoms with E-state index in [1.165, 1.54) is 4.31 Å². The molecular weight excluding hydrogens is 342 g/mol. The Morgan fingerprint density at radius 1 is 1.12 bits per heavy atom. The Kier molecular flexibility index (Phi) is 5.95. The number of carbonyl (C=O) groups is 1. The summed E-state index contributed by atoms with van der Waals surface area (Å²) in [6.45, 7) is 8.68. The zero-order valence-electron chi connectivity index (χ0n) is 15.5. The number of nitrogens with zero attached hydrogens (tertiary/aromatic N) is 2. The number of hydrogen-bond acceptors (Lipinski definition) is 4. The molecule has 0 atom stereocenters. The van der Waals surface area contributed by atoms with E-state index in [1.54, 1.807) is 38.0 Å². The van der Waals surface area contributed by atoms with Gasteiger partial charge < -0.3 is 15.0 Å². The zero-order valence-corrected chi connectivity index (χ0v) is 16.3. The summed E-state index contributed by atoms with van der Waals surface area (Å²) in [6, 6.07) is 3.36. The van der Waals surface area contributed by atoms with Gasteiger partial charge in [0.2, 0.25) is 10.0 Å². The van der Waals surface area contributed by atoms with Crippen molar-refractivity contribution < 1.29 is 17.9 Å². The molecule has 0 unspecified atom stereocenters. The fourth-order valence-corrected chi connectivity index (χ4v) is 4.87. The third kappa shape index (κ3) is 4.24. The van der Waals surface area contributed by atoms with Gasteiger partial charge in [0.05, 0.1) is 12.0 Å². The van der Waals surface area contributed by atoms with Gasteiger partial charge in [-0.15, -0.1) is 0 Å². The maximum atomic E-state index is 13.0. The maximum Gasteiger partial charge on any atom is 0.317 e. The van der Waals surface area contributed by atoms with Crippen molar-refractivity contribution >= 4 is 16.1 Å². The Morgan fingerprint density at radius 3 is 2.08 bits per heavy atom. The molecule has 2 rings (SSSR count). The fraction of sp³-hybridized carbons (Fsp3) is 0.588. The monoisotopic (exact) mass is 369 g/mol. The quantitative estimate of drug-likeness (QED) is 0.877. The highest BCUT2D eigenvalue weighted by Gasteiger charge is 2.32. The number of amides is 2. The molecule has 2 amide bonds. The summed E-state index contributed by atoms with van der Waals surface area (Å²) in [7, 11) is -2.04. The third-order valence-electron chi connectivity index (χ3n) is 4.21. The van der Waals surface area contributed by atoms with E-state index >= 15 is 0 Å². The van der Waals surface area contributed by atoms with Crippen LogP contribution in [0.3, 0.4) is 0 Å². The van der Waals surface area contributed by atoms with Crippen molar-refractivity contribution in [3.05, 3.63) is 23.3 Å². The first kappa shape index (κ1) is 19.5. The van der Waals surface area contributed by atoms with Gasteiger partial charge in [0, 0.05) is 32.2 Å². The van der Waals surface area contributed by atoms with Crippen LogP contribution in [0.25, 0.3) is 0 Å². The number of aryl methyl sites for hydroxylation is 2. The molecule has 0 bridgehead atoms. The molecule has 1 aliphatic rings. The average Bonchev–Trinajstić information content (AvgIpc) is 2.53. The Bertz CT molecular complexity index is 715. The van der Waals surface area contributed by atoms with Gasteiger partial charge >= 0.3 is 6.03 Å². The van der Waals surface area contributed by atoms with Crippen molar-refractivity contribution in [3.8, 4) is 5.75 Å². The van der Waals surface area contributed by atoms with Crippen LogP contribution in [0.5, 0.6) is 5.75 Å². The standard InChI is InChI=1S/C17H27N3O4S/c1-12(2)18-17(21)19-6-8-20(9-7-19)25(22,23)16-13(3)10-15(24-5)11-14(16)4/h10-12H,6-9H2,1-5H3,(H,18,21). The molecule has 140 valence electrons. The molecule has 1 heterocycles. The summed E-state index contributed by atoms with van der Waals surface area (Å²) in [5, 5.41) is 2.83. The van der Waals surface area contributed by atoms with E-state index in [4.69, 9.17) is 4.74 Å². The van der Waals surface area contributed by atoms with Crippen LogP contribution in [-0.4, -0.2) is 63.0 Å². The maximum absolute atomic E-state index is 13.0. The van der Waals surface area contributed by atoms with Crippen molar-refractivity contribution in [1.82, 2.24) is 14.5 Å². The number of nitrogens with one attached hydrogen (secondary N) is 1. The molecule has 0 saturated carbocycles. The topological polar surface area (TPSA) is 79.0 Å². The van der Waals surface area contributed by atoms with Gasteiger partial charge in [-0.1, -0.05) is 0 Å². The molecule has 1 aliphatic heterocycles. The number of hydrogen-bond donors (Lipinski definition) is 1. The molecule has 8 heteroatoms. The summed E-state index contributed by atoms with van der Waals surface area (Å²) in [4.78, 5) is 14.0. The molecule has 0 aromatic heterocycles. The van der Waals surface area contributed by atoms with E-state index in [1.807, 2.05) is 13.8 Å². The van der Waals surface area contributed by atoms with Crippen molar-refractivity contribution in [1.29, 1.82) is 0 Å². The number of methoxy groups -OCH3 is 1. The van der Waals surface area contributed by atoms with Crippen LogP contribution in [-0.2, 0) is 10.0 Å². The number of carbonyl (C=O) groups excluding carboxylic acids is 1. The second kappa shape index (κ2) is 7.61. The molecule has 7 nitrogen and oxygen atoms in total. The molecule has 1 aromatic rings. The van der Waals surface area contributed by atoms with Gasteiger partial charge in [0.1, 0.15) is 5.75 Å². The van der Waals surface area contributed by atoms with E-state index < -0.39 is 10.0 Å². The van der Waals surface area contributed by atoms with Crippen LogP contribution in [0.2, 0.25) is 0 Å². The normalized spacial score (nSPS) is 16.2. The summed E-state index contributed by atoms with van der Waals surface area (Å²) in [6.07, 6.45) is 0. The lowest BCUT2D eigenvalue weighted by Crippen LogP contribution is -2.54. The van der Waals surface area contributed by atoms with Gasteiger partial charge in [0.25, 0.3) is 0 Å². The van der Waals surface area contributed by atoms with Crippen molar-refractivity contribution in [2.45, 2.75) is 38.6 Å². The van der Waals surface area contributed by atoms with Crippen LogP contribution >= 0.6 is 0 Å². The van der Waals surface area contributed by atoms with Gasteiger partial charge in [-0.2, -0.15) is 4.31 Å². The summed E-state index contributed by atoms with van der Waals surface area (Å²) in [5.74, 6) is 0.643. The van der Waals surface area contributed by atoms with Crippen LogP contribution < -0.4 is 10.1 Å². The first-order chi connectivity index (χ1) is 11.7. The number of ether oxygens (including phenoxy) is 1. The first-order valence-corrected chi connectivity index (χ1v) is 9.81. The van der Waals surface area contributed by atoms with E-state index in [2.05, 4.69) is 5.32 Å². The Labute approximate surface area is 150 Å². The molecule has 1 N–H and O–H groups in total. The van der Waals surface area contributed by atoms with Crippen LogP contribution in [0.15, 0.2) is 17.0 Å². The molecular formula is C17H27N3O4S. The fourth-order valence-electron chi connectivity index (χ4n) is 3.03. The lowest BCUT2D eigenvalue weighted by molar-refractivity contribution is 0.170. The molecule has 1 aromatic carbocycles. The minimum atomic E-state index is -3.60. The van der Waals surface area contributed by atoms with Crippen molar-refractivity contribution in [2.75, 3.05) is 33.3 Å². The van der Waals surface area contributed by atoms with Crippen molar-refractivity contribution in [2.24, 2.45) is 0 Å². The molecule has 0 aliphatic carbocycles. The highest BCUT2D eigenvalue weighted by molar-refractivity contribution is 7.89. The highest BCUT2D eigenvalue weighted by Crippen LogP contribution is 2.28. The Balaban J connectivity index is 2.16. The molecule has 25 heavy (non-hydrogen) atoms. The summed E-state index contributed by atoms with van der Waals surface area (Å²) >= 11 is 0. The average molecular weight is 369 g/mol. The second-order valence-electron chi connectivity index (χ2n) is 6.59. The van der Waals surface area contributed by atoms with E-state index in [9.17, 15) is 13.2 Å². The Morgan fingerprint density at radius 2 is 1.64 bits per heavy atom. The summed E-state index contributed by atoms with van der Waals surface area (Å²) < 4.78 is 32.8. The minimum absolute atomic E-state index is 0.0545. The lowest BCUT2D eigenvalue weighted by atomic mass is 10.1. The summed E-state index contributed by atoms with van der Waals surface area (Å²) in [5.41, 5.74) is 1.33. The smallest absolute Gasteiger partial charge is 0.317 e. The van der Waals surface area contributed by atoms with Crippen molar-refractivity contribution in [3.63, 3.8) is 0 Å². The first-order valence-electron chi connectivity index (χ1n) is 8.37. The minimum Gasteiger partial charge on any atom is -0.497 e. The molecule has 1 saturated heterocycles. The number of benzene rings is 1. The van der Waals surface area contributed by atoms with Crippen LogP contribution in [0, 0.1) is 13.8 Å².